The molecule has 1 saturated heterocycles. The van der Waals surface area contributed by atoms with E-state index in [2.05, 4.69) is 29.8 Å². The highest BCUT2D eigenvalue weighted by Crippen LogP contribution is 2.13. The summed E-state index contributed by atoms with van der Waals surface area (Å²) in [4.78, 5) is 4.80. The maximum absolute atomic E-state index is 5.24. The fourth-order valence-corrected chi connectivity index (χ4v) is 1.86. The van der Waals surface area contributed by atoms with Crippen molar-refractivity contribution >= 4 is 0 Å². The lowest BCUT2D eigenvalue weighted by atomic mass is 10.0. The molecule has 1 fully saturated rings. The minimum Gasteiger partial charge on any atom is -0.306 e. The van der Waals surface area contributed by atoms with E-state index in [-0.39, 0.29) is 0 Å². The predicted octanol–water partition coefficient (Wildman–Crippen LogP) is 1.04. The molecule has 0 atom stereocenters. The van der Waals surface area contributed by atoms with Crippen LogP contribution in [-0.4, -0.2) is 49.6 Å². The van der Waals surface area contributed by atoms with E-state index in [1.165, 1.54) is 25.9 Å². The SMILES string of the molecule is C#CCCN(C)C1CCN(C)CC1. The molecule has 0 saturated carbocycles. The van der Waals surface area contributed by atoms with Crippen LogP contribution in [0.2, 0.25) is 0 Å². The van der Waals surface area contributed by atoms with Gasteiger partial charge in [-0.15, -0.1) is 12.3 Å². The molecule has 1 aliphatic rings. The normalized spacial score (nSPS) is 20.5. The fraction of sp³-hybridized carbons (Fsp3) is 0.818. The molecular weight excluding hydrogens is 160 g/mol. The Bertz CT molecular complexity index is 175. The summed E-state index contributed by atoms with van der Waals surface area (Å²) in [7, 11) is 4.38. The van der Waals surface area contributed by atoms with Crippen LogP contribution < -0.4 is 0 Å². The number of piperidine rings is 1. The van der Waals surface area contributed by atoms with Gasteiger partial charge in [0.05, 0.1) is 0 Å². The van der Waals surface area contributed by atoms with Gasteiger partial charge in [0.15, 0.2) is 0 Å². The van der Waals surface area contributed by atoms with Crippen molar-refractivity contribution in [1.82, 2.24) is 9.80 Å². The van der Waals surface area contributed by atoms with Crippen LogP contribution in [0.5, 0.6) is 0 Å². The molecule has 0 N–H and O–H groups in total. The third kappa shape index (κ3) is 3.38. The van der Waals surface area contributed by atoms with E-state index in [0.717, 1.165) is 19.0 Å². The zero-order valence-electron chi connectivity index (χ0n) is 8.79. The van der Waals surface area contributed by atoms with Crippen LogP contribution >= 0.6 is 0 Å². The van der Waals surface area contributed by atoms with Crippen LogP contribution in [0.3, 0.4) is 0 Å². The first kappa shape index (κ1) is 10.6. The Hall–Kier alpha value is -0.520. The molecule has 0 aromatic rings. The zero-order chi connectivity index (χ0) is 9.68. The summed E-state index contributed by atoms with van der Waals surface area (Å²) in [5.74, 6) is 2.69. The van der Waals surface area contributed by atoms with Crippen molar-refractivity contribution in [3.63, 3.8) is 0 Å². The van der Waals surface area contributed by atoms with Gasteiger partial charge in [0, 0.05) is 19.0 Å². The smallest absolute Gasteiger partial charge is 0.0214 e. The van der Waals surface area contributed by atoms with Crippen LogP contribution in [0.25, 0.3) is 0 Å². The summed E-state index contributed by atoms with van der Waals surface area (Å²) in [6.07, 6.45) is 8.70. The maximum atomic E-state index is 5.24. The van der Waals surface area contributed by atoms with Gasteiger partial charge in [0.1, 0.15) is 0 Å². The van der Waals surface area contributed by atoms with Crippen LogP contribution in [0.1, 0.15) is 19.3 Å². The number of rotatable bonds is 3. The molecule has 1 rings (SSSR count). The van der Waals surface area contributed by atoms with E-state index < -0.39 is 0 Å². The van der Waals surface area contributed by atoms with Gasteiger partial charge in [-0.2, -0.15) is 0 Å². The summed E-state index contributed by atoms with van der Waals surface area (Å²) in [6.45, 7) is 3.50. The summed E-state index contributed by atoms with van der Waals surface area (Å²) < 4.78 is 0. The Labute approximate surface area is 81.9 Å². The molecule has 0 amide bonds. The molecule has 0 radical (unpaired) electrons. The van der Waals surface area contributed by atoms with E-state index in [1.54, 1.807) is 0 Å². The number of terminal acetylenes is 1. The van der Waals surface area contributed by atoms with Crippen LogP contribution in [-0.2, 0) is 0 Å². The predicted molar refractivity (Wildman–Crippen MR) is 56.6 cm³/mol. The highest BCUT2D eigenvalue weighted by Gasteiger charge is 2.19. The van der Waals surface area contributed by atoms with E-state index >= 15 is 0 Å². The fourth-order valence-electron chi connectivity index (χ4n) is 1.86. The largest absolute Gasteiger partial charge is 0.306 e. The Balaban J connectivity index is 2.24. The molecule has 0 bridgehead atoms. The molecule has 1 heterocycles. The third-order valence-electron chi connectivity index (χ3n) is 2.92. The summed E-state index contributed by atoms with van der Waals surface area (Å²) >= 11 is 0. The monoisotopic (exact) mass is 180 g/mol. The molecule has 2 nitrogen and oxygen atoms in total. The minimum atomic E-state index is 0.754. The average molecular weight is 180 g/mol. The summed E-state index contributed by atoms with van der Waals surface area (Å²) in [5, 5.41) is 0. The minimum absolute atomic E-state index is 0.754. The lowest BCUT2D eigenvalue weighted by molar-refractivity contribution is 0.146. The molecule has 2 heteroatoms. The van der Waals surface area contributed by atoms with Crippen molar-refractivity contribution in [2.45, 2.75) is 25.3 Å². The topological polar surface area (TPSA) is 6.48 Å². The van der Waals surface area contributed by atoms with Gasteiger partial charge in [-0.25, -0.2) is 0 Å². The second kappa shape index (κ2) is 5.26. The molecule has 0 unspecified atom stereocenters. The average Bonchev–Trinajstić information content (AvgIpc) is 2.15. The zero-order valence-corrected chi connectivity index (χ0v) is 8.79. The van der Waals surface area contributed by atoms with Gasteiger partial charge in [-0.05, 0) is 40.0 Å². The number of hydrogen-bond acceptors (Lipinski definition) is 2. The van der Waals surface area contributed by atoms with Crippen molar-refractivity contribution < 1.29 is 0 Å². The Kier molecular flexibility index (Phi) is 4.27. The highest BCUT2D eigenvalue weighted by molar-refractivity contribution is 4.86. The standard InChI is InChI=1S/C11H20N2/c1-4-5-8-13(3)11-6-9-12(2)10-7-11/h1,11H,5-10H2,2-3H3. The van der Waals surface area contributed by atoms with Gasteiger partial charge in [0.2, 0.25) is 0 Å². The van der Waals surface area contributed by atoms with Crippen LogP contribution in [0.4, 0.5) is 0 Å². The van der Waals surface area contributed by atoms with Crippen LogP contribution in [0.15, 0.2) is 0 Å². The Morgan fingerprint density at radius 2 is 2.08 bits per heavy atom. The lowest BCUT2D eigenvalue weighted by Crippen LogP contribution is -2.42. The number of hydrogen-bond donors (Lipinski definition) is 0. The van der Waals surface area contributed by atoms with Gasteiger partial charge in [-0.3, -0.25) is 0 Å². The van der Waals surface area contributed by atoms with Gasteiger partial charge in [0.25, 0.3) is 0 Å². The van der Waals surface area contributed by atoms with E-state index in [4.69, 9.17) is 6.42 Å². The molecule has 0 spiro atoms. The molecule has 0 aliphatic carbocycles. The first-order chi connectivity index (χ1) is 6.24. The maximum Gasteiger partial charge on any atom is 0.0214 e. The summed E-state index contributed by atoms with van der Waals surface area (Å²) in [6, 6.07) is 0.754. The van der Waals surface area contributed by atoms with Crippen molar-refractivity contribution in [3.05, 3.63) is 0 Å². The van der Waals surface area contributed by atoms with Crippen LogP contribution in [0, 0.1) is 12.3 Å². The number of likely N-dealkylation sites (tertiary alicyclic amines) is 1. The van der Waals surface area contributed by atoms with E-state index in [0.29, 0.717) is 0 Å². The third-order valence-corrected chi connectivity index (χ3v) is 2.92. The second-order valence-electron chi connectivity index (χ2n) is 3.97. The summed E-state index contributed by atoms with van der Waals surface area (Å²) in [5.41, 5.74) is 0. The van der Waals surface area contributed by atoms with Crippen molar-refractivity contribution in [3.8, 4) is 12.3 Å². The first-order valence-corrected chi connectivity index (χ1v) is 5.06. The highest BCUT2D eigenvalue weighted by atomic mass is 15.2. The molecule has 1 aliphatic heterocycles. The van der Waals surface area contributed by atoms with E-state index in [9.17, 15) is 0 Å². The first-order valence-electron chi connectivity index (χ1n) is 5.06. The van der Waals surface area contributed by atoms with Crippen molar-refractivity contribution in [2.24, 2.45) is 0 Å². The molecule has 0 aromatic heterocycles. The van der Waals surface area contributed by atoms with Gasteiger partial charge in [-0.1, -0.05) is 0 Å². The molecule has 74 valence electrons. The van der Waals surface area contributed by atoms with Gasteiger partial charge < -0.3 is 9.80 Å². The molecule has 0 aromatic carbocycles. The molecule has 13 heavy (non-hydrogen) atoms. The van der Waals surface area contributed by atoms with Crippen molar-refractivity contribution in [1.29, 1.82) is 0 Å². The Morgan fingerprint density at radius 1 is 1.46 bits per heavy atom. The van der Waals surface area contributed by atoms with Gasteiger partial charge >= 0.3 is 0 Å². The second-order valence-corrected chi connectivity index (χ2v) is 3.97. The quantitative estimate of drug-likeness (QED) is 0.599. The molecular formula is C11H20N2. The Morgan fingerprint density at radius 3 is 2.62 bits per heavy atom. The van der Waals surface area contributed by atoms with E-state index in [1.807, 2.05) is 0 Å². The lowest BCUT2D eigenvalue weighted by Gasteiger charge is -2.34. The number of nitrogens with zero attached hydrogens (tertiary/aromatic N) is 2. The van der Waals surface area contributed by atoms with Crippen molar-refractivity contribution in [2.75, 3.05) is 33.7 Å².